The number of benzene rings is 1. The van der Waals surface area contributed by atoms with Gasteiger partial charge in [0.2, 0.25) is 5.91 Å². The molecule has 0 fully saturated rings. The van der Waals surface area contributed by atoms with Gasteiger partial charge in [0.1, 0.15) is 5.75 Å². The first kappa shape index (κ1) is 15.8. The summed E-state index contributed by atoms with van der Waals surface area (Å²) in [6.45, 7) is 2.75. The van der Waals surface area contributed by atoms with E-state index in [1.807, 2.05) is 0 Å². The second-order valence-electron chi connectivity index (χ2n) is 4.61. The van der Waals surface area contributed by atoms with Gasteiger partial charge in [-0.25, -0.2) is 0 Å². The maximum atomic E-state index is 11.9. The monoisotopic (exact) mass is 284 g/mol. The second-order valence-corrected chi connectivity index (χ2v) is 5.05. The number of amides is 1. The summed E-state index contributed by atoms with van der Waals surface area (Å²) in [5, 5.41) is 3.38. The first-order chi connectivity index (χ1) is 9.06. The summed E-state index contributed by atoms with van der Waals surface area (Å²) in [5.41, 5.74) is 6.09. The molecule has 1 rings (SSSR count). The number of carbonyl (C=O) groups is 1. The molecule has 0 saturated carbocycles. The molecule has 1 aromatic carbocycles. The maximum Gasteiger partial charge on any atom is 0.224 e. The van der Waals surface area contributed by atoms with Crippen LogP contribution in [0.4, 0.5) is 5.69 Å². The maximum absolute atomic E-state index is 11.9. The van der Waals surface area contributed by atoms with Crippen molar-refractivity contribution >= 4 is 23.2 Å². The van der Waals surface area contributed by atoms with Crippen molar-refractivity contribution in [3.63, 3.8) is 0 Å². The average molecular weight is 285 g/mol. The van der Waals surface area contributed by atoms with E-state index in [-0.39, 0.29) is 5.91 Å². The van der Waals surface area contributed by atoms with Crippen LogP contribution in [-0.2, 0) is 4.79 Å². The number of ether oxygens (including phenoxy) is 1. The number of nitrogens with one attached hydrogen (secondary N) is 1. The summed E-state index contributed by atoms with van der Waals surface area (Å²) in [7, 11) is 1.56. The molecule has 0 radical (unpaired) electrons. The predicted octanol–water partition coefficient (Wildman–Crippen LogP) is 3.05. The van der Waals surface area contributed by atoms with Crippen molar-refractivity contribution in [1.29, 1.82) is 0 Å². The van der Waals surface area contributed by atoms with Crippen molar-refractivity contribution in [3.05, 3.63) is 23.2 Å². The largest absolute Gasteiger partial charge is 0.495 e. The van der Waals surface area contributed by atoms with Crippen molar-refractivity contribution in [2.24, 2.45) is 11.7 Å². The van der Waals surface area contributed by atoms with Crippen molar-refractivity contribution < 1.29 is 9.53 Å². The number of methoxy groups -OCH3 is 1. The molecule has 0 aromatic heterocycles. The Kier molecular flexibility index (Phi) is 6.67. The van der Waals surface area contributed by atoms with Crippen molar-refractivity contribution in [2.75, 3.05) is 19.0 Å². The Bertz CT molecular complexity index is 424. The first-order valence-corrected chi connectivity index (χ1v) is 6.78. The molecule has 0 heterocycles. The van der Waals surface area contributed by atoms with Crippen molar-refractivity contribution in [2.45, 2.75) is 26.2 Å². The minimum absolute atomic E-state index is 0.0376. The van der Waals surface area contributed by atoms with E-state index in [1.54, 1.807) is 25.3 Å². The summed E-state index contributed by atoms with van der Waals surface area (Å²) in [6.07, 6.45) is 2.23. The molecule has 0 aliphatic heterocycles. The van der Waals surface area contributed by atoms with Crippen LogP contribution in [0.15, 0.2) is 18.2 Å². The standard InChI is InChI=1S/C14H21ClN2O2/c1-10(7-8-16)3-6-14(18)17-12-9-11(15)4-5-13(12)19-2/h4-5,9-10H,3,6-8,16H2,1-2H3,(H,17,18). The number of halogens is 1. The average Bonchev–Trinajstić information content (AvgIpc) is 2.37. The third-order valence-corrected chi connectivity index (χ3v) is 3.19. The molecular weight excluding hydrogens is 264 g/mol. The number of rotatable bonds is 7. The highest BCUT2D eigenvalue weighted by Crippen LogP contribution is 2.27. The molecule has 106 valence electrons. The van der Waals surface area contributed by atoms with Gasteiger partial charge in [0.05, 0.1) is 12.8 Å². The van der Waals surface area contributed by atoms with Gasteiger partial charge in [-0.3, -0.25) is 4.79 Å². The summed E-state index contributed by atoms with van der Waals surface area (Å²) < 4.78 is 5.18. The molecule has 1 atom stereocenters. The molecular formula is C14H21ClN2O2. The Morgan fingerprint density at radius 3 is 2.84 bits per heavy atom. The fourth-order valence-corrected chi connectivity index (χ4v) is 1.97. The smallest absolute Gasteiger partial charge is 0.224 e. The number of hydrogen-bond donors (Lipinski definition) is 2. The van der Waals surface area contributed by atoms with Gasteiger partial charge in [0.15, 0.2) is 0 Å². The lowest BCUT2D eigenvalue weighted by Crippen LogP contribution is -2.14. The quantitative estimate of drug-likeness (QED) is 0.809. The van der Waals surface area contributed by atoms with E-state index in [9.17, 15) is 4.79 Å². The summed E-state index contributed by atoms with van der Waals surface area (Å²) in [4.78, 5) is 11.9. The molecule has 1 aromatic rings. The van der Waals surface area contributed by atoms with Gasteiger partial charge in [-0.2, -0.15) is 0 Å². The van der Waals surface area contributed by atoms with Gasteiger partial charge in [0.25, 0.3) is 0 Å². The highest BCUT2D eigenvalue weighted by atomic mass is 35.5. The SMILES string of the molecule is COc1ccc(Cl)cc1NC(=O)CCC(C)CCN. The van der Waals surface area contributed by atoms with Gasteiger partial charge < -0.3 is 15.8 Å². The molecule has 19 heavy (non-hydrogen) atoms. The Labute approximate surface area is 119 Å². The second kappa shape index (κ2) is 8.02. The topological polar surface area (TPSA) is 64.3 Å². The summed E-state index contributed by atoms with van der Waals surface area (Å²) >= 11 is 5.91. The number of anilines is 1. The predicted molar refractivity (Wildman–Crippen MR) is 78.7 cm³/mol. The van der Waals surface area contributed by atoms with E-state index >= 15 is 0 Å². The van der Waals surface area contributed by atoms with Gasteiger partial charge in [-0.05, 0) is 43.5 Å². The number of nitrogens with two attached hydrogens (primary N) is 1. The highest BCUT2D eigenvalue weighted by Gasteiger charge is 2.10. The van der Waals surface area contributed by atoms with Crippen LogP contribution in [0.2, 0.25) is 5.02 Å². The molecule has 5 heteroatoms. The minimum Gasteiger partial charge on any atom is -0.495 e. The summed E-state index contributed by atoms with van der Waals surface area (Å²) in [5.74, 6) is 1.02. The Balaban J connectivity index is 2.54. The molecule has 0 aliphatic rings. The third-order valence-electron chi connectivity index (χ3n) is 2.96. The van der Waals surface area contributed by atoms with Crippen molar-refractivity contribution in [1.82, 2.24) is 0 Å². The van der Waals surface area contributed by atoms with Crippen molar-refractivity contribution in [3.8, 4) is 5.75 Å². The van der Waals surface area contributed by atoms with Crippen LogP contribution in [0.5, 0.6) is 5.75 Å². The minimum atomic E-state index is -0.0376. The van der Waals surface area contributed by atoms with E-state index in [0.29, 0.717) is 35.3 Å². The molecule has 0 spiro atoms. The number of hydrogen-bond acceptors (Lipinski definition) is 3. The first-order valence-electron chi connectivity index (χ1n) is 6.40. The van der Waals surface area contributed by atoms with Gasteiger partial charge in [0, 0.05) is 11.4 Å². The fourth-order valence-electron chi connectivity index (χ4n) is 1.80. The fraction of sp³-hybridized carbons (Fsp3) is 0.500. The normalized spacial score (nSPS) is 12.0. The van der Waals surface area contributed by atoms with Crippen LogP contribution in [0.25, 0.3) is 0 Å². The Morgan fingerprint density at radius 2 is 2.21 bits per heavy atom. The third kappa shape index (κ3) is 5.49. The van der Waals surface area contributed by atoms with Crippen LogP contribution in [-0.4, -0.2) is 19.6 Å². The lowest BCUT2D eigenvalue weighted by molar-refractivity contribution is -0.116. The van der Waals surface area contributed by atoms with E-state index < -0.39 is 0 Å². The van der Waals surface area contributed by atoms with E-state index in [0.717, 1.165) is 12.8 Å². The molecule has 0 bridgehead atoms. The molecule has 4 nitrogen and oxygen atoms in total. The zero-order chi connectivity index (χ0) is 14.3. The Hall–Kier alpha value is -1.26. The van der Waals surface area contributed by atoms with Crippen LogP contribution in [0, 0.1) is 5.92 Å². The van der Waals surface area contributed by atoms with Crippen LogP contribution >= 0.6 is 11.6 Å². The van der Waals surface area contributed by atoms with E-state index in [1.165, 1.54) is 0 Å². The zero-order valence-corrected chi connectivity index (χ0v) is 12.2. The van der Waals surface area contributed by atoms with Gasteiger partial charge in [-0.15, -0.1) is 0 Å². The molecule has 3 N–H and O–H groups in total. The Morgan fingerprint density at radius 1 is 1.47 bits per heavy atom. The van der Waals surface area contributed by atoms with Gasteiger partial charge >= 0.3 is 0 Å². The molecule has 0 saturated heterocycles. The highest BCUT2D eigenvalue weighted by molar-refractivity contribution is 6.31. The lowest BCUT2D eigenvalue weighted by atomic mass is 10.0. The molecule has 0 aliphatic carbocycles. The zero-order valence-electron chi connectivity index (χ0n) is 11.4. The van der Waals surface area contributed by atoms with Crippen LogP contribution in [0.3, 0.4) is 0 Å². The number of carbonyl (C=O) groups excluding carboxylic acids is 1. The molecule has 1 amide bonds. The van der Waals surface area contributed by atoms with Crippen LogP contribution in [0.1, 0.15) is 26.2 Å². The van der Waals surface area contributed by atoms with Gasteiger partial charge in [-0.1, -0.05) is 18.5 Å². The van der Waals surface area contributed by atoms with E-state index in [2.05, 4.69) is 12.2 Å². The molecule has 1 unspecified atom stereocenters. The lowest BCUT2D eigenvalue weighted by Gasteiger charge is -2.12. The summed E-state index contributed by atoms with van der Waals surface area (Å²) in [6, 6.07) is 5.13. The van der Waals surface area contributed by atoms with Crippen LogP contribution < -0.4 is 15.8 Å². The van der Waals surface area contributed by atoms with E-state index in [4.69, 9.17) is 22.1 Å².